The zero-order chi connectivity index (χ0) is 48.4. The Hall–Kier alpha value is -5.41. The molecule has 0 amide bonds. The number of benzene rings is 3. The van der Waals surface area contributed by atoms with E-state index in [-0.39, 0.29) is 54.8 Å². The average molecular weight is 955 g/mol. The van der Waals surface area contributed by atoms with Crippen LogP contribution in [0, 0.1) is 25.2 Å². The highest BCUT2D eigenvalue weighted by molar-refractivity contribution is 7.99. The molecule has 0 aliphatic carbocycles. The van der Waals surface area contributed by atoms with E-state index < -0.39 is 52.7 Å². The number of nitrogens with zero attached hydrogens (tertiary/aromatic N) is 3. The van der Waals surface area contributed by atoms with Gasteiger partial charge in [-0.25, -0.2) is 9.59 Å². The van der Waals surface area contributed by atoms with Crippen LogP contribution in [0.3, 0.4) is 0 Å². The van der Waals surface area contributed by atoms with Crippen molar-refractivity contribution < 1.29 is 57.4 Å². The Morgan fingerprint density at radius 2 is 1.74 bits per heavy atom. The average Bonchev–Trinajstić information content (AvgIpc) is 3.79. The Bertz CT molecular complexity index is 2570. The van der Waals surface area contributed by atoms with Gasteiger partial charge in [-0.1, -0.05) is 38.7 Å². The predicted octanol–water partition coefficient (Wildman–Crippen LogP) is 7.94. The predicted molar refractivity (Wildman–Crippen MR) is 251 cm³/mol. The molecule has 2 saturated heterocycles. The number of nitrogens with one attached hydrogen (secondary N) is 1. The number of methoxy groups -OCH3 is 2. The fourth-order valence-corrected chi connectivity index (χ4v) is 13.2. The lowest BCUT2D eigenvalue weighted by Gasteiger charge is -2.62. The lowest BCUT2D eigenvalue weighted by atomic mass is 9.71. The fraction of sp³-hybridized carbons (Fsp3) is 0.569. The number of phenolic OH excluding ortho intramolecular Hbond substituents is 1. The summed E-state index contributed by atoms with van der Waals surface area (Å²) in [7, 11) is 5.00. The summed E-state index contributed by atoms with van der Waals surface area (Å²) in [4.78, 5) is 46.6. The lowest BCUT2D eigenvalue weighted by Crippen LogP contribution is -2.69. The maximum atomic E-state index is 15.2. The van der Waals surface area contributed by atoms with Crippen molar-refractivity contribution in [3.63, 3.8) is 0 Å². The van der Waals surface area contributed by atoms with Crippen LogP contribution in [0.5, 0.6) is 40.2 Å². The number of hydrogen-bond donors (Lipinski definition) is 2. The van der Waals surface area contributed by atoms with Crippen molar-refractivity contribution in [2.75, 3.05) is 47.0 Å². The maximum Gasteiger partial charge on any atom is 0.514 e. The van der Waals surface area contributed by atoms with Crippen LogP contribution in [0.2, 0.25) is 0 Å². The first-order chi connectivity index (χ1) is 32.6. The molecule has 10 rings (SSSR count). The van der Waals surface area contributed by atoms with Gasteiger partial charge in [-0.05, 0) is 95.3 Å². The summed E-state index contributed by atoms with van der Waals surface area (Å²) < 4.78 is 48.5. The van der Waals surface area contributed by atoms with Crippen LogP contribution in [-0.4, -0.2) is 104 Å². The van der Waals surface area contributed by atoms with E-state index in [2.05, 4.69) is 28.1 Å². The van der Waals surface area contributed by atoms with Gasteiger partial charge in [0.15, 0.2) is 40.0 Å². The fourth-order valence-electron chi connectivity index (χ4n) is 11.5. The molecule has 3 aromatic rings. The number of aryl methyl sites for hydroxylation is 1. The summed E-state index contributed by atoms with van der Waals surface area (Å²) in [6.07, 6.45) is 5.06. The number of thioether (sulfide) groups is 1. The smallest absolute Gasteiger partial charge is 0.504 e. The van der Waals surface area contributed by atoms with Crippen molar-refractivity contribution in [1.82, 2.24) is 15.1 Å². The number of esters is 2. The molecule has 2 N–H and O–H groups in total. The van der Waals surface area contributed by atoms with E-state index in [4.69, 9.17) is 37.9 Å². The van der Waals surface area contributed by atoms with Crippen LogP contribution in [0.4, 0.5) is 4.79 Å². The summed E-state index contributed by atoms with van der Waals surface area (Å²) in [5, 5.41) is 26.6. The molecule has 2 fully saturated rings. The van der Waals surface area contributed by atoms with Gasteiger partial charge in [0.1, 0.15) is 24.0 Å². The first-order valence-corrected chi connectivity index (χ1v) is 24.7. The van der Waals surface area contributed by atoms with E-state index in [9.17, 15) is 20.0 Å². The zero-order valence-electron chi connectivity index (χ0n) is 40.4. The number of fused-ring (bicyclic) bond motifs is 9. The standard InChI is InChI=1S/C51H62N4O12S/c1-10-11-12-13-14-15-36(56)66-44-27(3)45-46(64-25-63-45)38-33-23-62-48(58)51(30-21-34(60-8)35(20-28(30)16-17-53-51)65-49(59)67-50(4,5)6)24-68-47(39(38)44)41-40-37-29(18-26(2)43(61-9)42(37)57)19-31(54(40)7)32(22-52)55(33)41/h18,20-21,31-33,40-41,47,53,57H,10-17,19,23-25H2,1-9H3/t31-,32-,33-,40+,41?,47+,51+/m0/s1. The van der Waals surface area contributed by atoms with Gasteiger partial charge in [-0.15, -0.1) is 11.8 Å². The van der Waals surface area contributed by atoms with E-state index in [1.54, 1.807) is 40.0 Å². The number of piperazine rings is 1. The summed E-state index contributed by atoms with van der Waals surface area (Å²) in [6, 6.07) is 5.23. The number of carbonyl (C=O) groups excluding carboxylic acids is 3. The molecule has 364 valence electrons. The molecule has 68 heavy (non-hydrogen) atoms. The lowest BCUT2D eigenvalue weighted by molar-refractivity contribution is -0.157. The van der Waals surface area contributed by atoms with Gasteiger partial charge >= 0.3 is 18.1 Å². The molecule has 0 saturated carbocycles. The van der Waals surface area contributed by atoms with Crippen molar-refractivity contribution in [3.05, 3.63) is 62.7 Å². The molecule has 7 atom stereocenters. The Balaban J connectivity index is 1.24. The van der Waals surface area contributed by atoms with Crippen LogP contribution >= 0.6 is 11.8 Å². The van der Waals surface area contributed by atoms with Gasteiger partial charge in [-0.2, -0.15) is 5.26 Å². The van der Waals surface area contributed by atoms with E-state index in [0.717, 1.165) is 42.4 Å². The number of nitriles is 1. The number of phenols is 1. The third-order valence-corrected chi connectivity index (χ3v) is 15.9. The van der Waals surface area contributed by atoms with Gasteiger partial charge in [0.05, 0.1) is 37.6 Å². The Kier molecular flexibility index (Phi) is 13.0. The second-order valence-corrected chi connectivity index (χ2v) is 20.8. The second kappa shape index (κ2) is 18.5. The Morgan fingerprint density at radius 1 is 0.971 bits per heavy atom. The number of hydrogen-bond acceptors (Lipinski definition) is 17. The number of likely N-dealkylation sites (N-methyl/N-ethyl adjacent to an activating group) is 1. The summed E-state index contributed by atoms with van der Waals surface area (Å²) in [6.45, 7) is 11.3. The van der Waals surface area contributed by atoms with Gasteiger partial charge in [-0.3, -0.25) is 19.9 Å². The number of aromatic hydroxyl groups is 1. The molecule has 1 spiro atoms. The molecule has 7 aliphatic heterocycles. The molecule has 1 unspecified atom stereocenters. The van der Waals surface area contributed by atoms with E-state index in [1.165, 1.54) is 18.9 Å². The first-order valence-electron chi connectivity index (χ1n) is 23.7. The van der Waals surface area contributed by atoms with Crippen LogP contribution in [0.25, 0.3) is 0 Å². The molecule has 17 heteroatoms. The quantitative estimate of drug-likeness (QED) is 0.0862. The number of carbonyl (C=O) groups is 3. The van der Waals surface area contributed by atoms with E-state index in [1.807, 2.05) is 27.0 Å². The summed E-state index contributed by atoms with van der Waals surface area (Å²) >= 11 is 1.48. The van der Waals surface area contributed by atoms with Gasteiger partial charge in [0.25, 0.3) is 0 Å². The van der Waals surface area contributed by atoms with Crippen molar-refractivity contribution in [2.24, 2.45) is 0 Å². The van der Waals surface area contributed by atoms with Gasteiger partial charge < -0.3 is 43.0 Å². The molecule has 0 aromatic heterocycles. The van der Waals surface area contributed by atoms with Gasteiger partial charge in [0, 0.05) is 53.1 Å². The molecule has 7 aliphatic rings. The minimum Gasteiger partial charge on any atom is -0.504 e. The van der Waals surface area contributed by atoms with Crippen molar-refractivity contribution in [3.8, 4) is 46.3 Å². The molecule has 7 heterocycles. The molecular formula is C51H62N4O12S. The SMILES string of the molecule is CCCCCCCC(=O)Oc1c(C)c2c(c3c1[C@H]1SC[C@]4(NCCc5cc(OC(=O)OC(C)(C)C)c(OC)cc54)C(=O)OC[C@@H]3N3C1[C@H]1c4c(cc(C)c(OC)c4O)C[C@@H]([C@@H]3C#N)N1C)OCO2. The van der Waals surface area contributed by atoms with Gasteiger partial charge in [0.2, 0.25) is 6.79 Å². The molecule has 3 aromatic carbocycles. The molecule has 4 bridgehead atoms. The Morgan fingerprint density at radius 3 is 2.46 bits per heavy atom. The van der Waals surface area contributed by atoms with Crippen LogP contribution in [0.15, 0.2) is 18.2 Å². The summed E-state index contributed by atoms with van der Waals surface area (Å²) in [5.41, 5.74) is 3.42. The molecule has 0 radical (unpaired) electrons. The minimum absolute atomic E-state index is 0.0326. The third kappa shape index (κ3) is 7.94. The van der Waals surface area contributed by atoms with Crippen molar-refractivity contribution in [1.29, 1.82) is 5.26 Å². The topological polar surface area (TPSA) is 188 Å². The maximum absolute atomic E-state index is 15.2. The minimum atomic E-state index is -1.45. The summed E-state index contributed by atoms with van der Waals surface area (Å²) in [5.74, 6) is 1.20. The normalized spacial score (nSPS) is 25.8. The molecular weight excluding hydrogens is 893 g/mol. The van der Waals surface area contributed by atoms with Crippen LogP contribution in [0.1, 0.15) is 128 Å². The number of rotatable bonds is 10. The van der Waals surface area contributed by atoms with Crippen molar-refractivity contribution >= 4 is 29.9 Å². The van der Waals surface area contributed by atoms with Crippen LogP contribution < -0.4 is 33.7 Å². The largest absolute Gasteiger partial charge is 0.514 e. The van der Waals surface area contributed by atoms with Crippen molar-refractivity contribution in [2.45, 2.75) is 140 Å². The highest BCUT2D eigenvalue weighted by Crippen LogP contribution is 2.64. The highest BCUT2D eigenvalue weighted by atomic mass is 32.2. The van der Waals surface area contributed by atoms with E-state index in [0.29, 0.717) is 76.6 Å². The molecule has 16 nitrogen and oxygen atoms in total. The monoisotopic (exact) mass is 954 g/mol. The third-order valence-electron chi connectivity index (χ3n) is 14.5. The van der Waals surface area contributed by atoms with E-state index >= 15 is 4.79 Å². The highest BCUT2D eigenvalue weighted by Gasteiger charge is 2.62. The zero-order valence-corrected chi connectivity index (χ0v) is 41.2. The Labute approximate surface area is 401 Å². The first kappa shape index (κ1) is 47.6. The van der Waals surface area contributed by atoms with Crippen LogP contribution in [-0.2, 0) is 37.4 Å². The second-order valence-electron chi connectivity index (χ2n) is 19.7. The number of unbranched alkanes of at least 4 members (excludes halogenated alkanes) is 4. The number of ether oxygens (including phenoxy) is 8.